The number of aliphatic carboxylic acids is 1. The molecule has 0 aliphatic heterocycles. The van der Waals surface area contributed by atoms with Gasteiger partial charge < -0.3 is 7.96 Å². The third-order valence-electron chi connectivity index (χ3n) is 1.14. The van der Waals surface area contributed by atoms with Crippen molar-refractivity contribution < 1.29 is 12.8 Å². The zero-order chi connectivity index (χ0) is 6.85. The molecule has 1 N–H and O–H groups in total. The van der Waals surface area contributed by atoms with Gasteiger partial charge in [-0.2, -0.15) is 0 Å². The van der Waals surface area contributed by atoms with Crippen LogP contribution in [0.5, 0.6) is 0 Å². The van der Waals surface area contributed by atoms with E-state index < -0.39 is 5.97 Å². The summed E-state index contributed by atoms with van der Waals surface area (Å²) in [4.78, 5) is 10.2. The summed E-state index contributed by atoms with van der Waals surface area (Å²) in [6, 6.07) is 0. The van der Waals surface area contributed by atoms with E-state index in [1.165, 1.54) is 6.08 Å². The molecule has 1 aliphatic carbocycles. The van der Waals surface area contributed by atoms with Crippen LogP contribution >= 0.6 is 0 Å². The SMILES string of the molecule is C=C1C=CC=C1C(=O)O.[H-].[H-].[Mg+2]. The van der Waals surface area contributed by atoms with Crippen molar-refractivity contribution in [2.75, 3.05) is 0 Å². The van der Waals surface area contributed by atoms with Crippen LogP contribution in [0.1, 0.15) is 2.85 Å². The standard InChI is InChI=1S/C7H6O2.Mg.2H/c1-5-3-2-4-6(5)7(8)9;;;/h2-4H,1H2,(H,8,9);;;/q;+2;2*-1. The summed E-state index contributed by atoms with van der Waals surface area (Å²) >= 11 is 0. The molecule has 0 radical (unpaired) electrons. The molecule has 0 bridgehead atoms. The van der Waals surface area contributed by atoms with Gasteiger partial charge in [-0.1, -0.05) is 18.7 Å². The fraction of sp³-hybridized carbons (Fsp3) is 0. The first-order valence-corrected chi connectivity index (χ1v) is 2.53. The van der Waals surface area contributed by atoms with Crippen LogP contribution in [0.25, 0.3) is 0 Å². The minimum absolute atomic E-state index is 0. The van der Waals surface area contributed by atoms with Crippen LogP contribution in [-0.4, -0.2) is 34.1 Å². The maximum Gasteiger partial charge on any atom is 2.00 e. The Labute approximate surface area is 78.0 Å². The van der Waals surface area contributed by atoms with Crippen molar-refractivity contribution in [3.63, 3.8) is 0 Å². The molecular weight excluding hydrogens is 140 g/mol. The van der Waals surface area contributed by atoms with Gasteiger partial charge in [-0.3, -0.25) is 0 Å². The molecule has 0 saturated carbocycles. The maximum atomic E-state index is 10.2. The number of hydrogen-bond acceptors (Lipinski definition) is 1. The largest absolute Gasteiger partial charge is 2.00 e. The Morgan fingerprint density at radius 2 is 2.30 bits per heavy atom. The van der Waals surface area contributed by atoms with E-state index in [0.29, 0.717) is 5.57 Å². The molecule has 2 nitrogen and oxygen atoms in total. The van der Waals surface area contributed by atoms with Crippen molar-refractivity contribution in [2.45, 2.75) is 0 Å². The van der Waals surface area contributed by atoms with Crippen LogP contribution in [-0.2, 0) is 4.79 Å². The van der Waals surface area contributed by atoms with E-state index in [-0.39, 0.29) is 31.5 Å². The van der Waals surface area contributed by atoms with Crippen LogP contribution in [0, 0.1) is 0 Å². The second-order valence-electron chi connectivity index (χ2n) is 1.77. The first kappa shape index (κ1) is 9.46. The van der Waals surface area contributed by atoms with Gasteiger partial charge in [0.1, 0.15) is 0 Å². The van der Waals surface area contributed by atoms with Crippen molar-refractivity contribution in [3.05, 3.63) is 36.0 Å². The number of carboxylic acids is 1. The molecule has 10 heavy (non-hydrogen) atoms. The van der Waals surface area contributed by atoms with Crippen LogP contribution in [0.15, 0.2) is 36.0 Å². The van der Waals surface area contributed by atoms with E-state index in [4.69, 9.17) is 5.11 Å². The van der Waals surface area contributed by atoms with Crippen molar-refractivity contribution in [2.24, 2.45) is 0 Å². The van der Waals surface area contributed by atoms with Crippen LogP contribution < -0.4 is 0 Å². The zero-order valence-corrected chi connectivity index (χ0v) is 6.92. The van der Waals surface area contributed by atoms with Crippen LogP contribution in [0.4, 0.5) is 0 Å². The zero-order valence-electron chi connectivity index (χ0n) is 7.50. The molecule has 0 aromatic heterocycles. The van der Waals surface area contributed by atoms with E-state index in [9.17, 15) is 4.79 Å². The third kappa shape index (κ3) is 1.72. The van der Waals surface area contributed by atoms with Crippen molar-refractivity contribution in [1.29, 1.82) is 0 Å². The molecule has 0 amide bonds. The number of carboxylic acid groups (broad SMARTS) is 1. The van der Waals surface area contributed by atoms with E-state index in [0.717, 1.165) is 0 Å². The molecule has 0 atom stereocenters. The van der Waals surface area contributed by atoms with E-state index in [1.807, 2.05) is 0 Å². The average Bonchev–Trinajstić information content (AvgIpc) is 2.13. The van der Waals surface area contributed by atoms with Crippen molar-refractivity contribution in [3.8, 4) is 0 Å². The fourth-order valence-corrected chi connectivity index (χ4v) is 0.666. The van der Waals surface area contributed by atoms with Gasteiger partial charge in [0.25, 0.3) is 0 Å². The molecule has 1 aliphatic rings. The van der Waals surface area contributed by atoms with Gasteiger partial charge >= 0.3 is 29.0 Å². The molecule has 0 unspecified atom stereocenters. The summed E-state index contributed by atoms with van der Waals surface area (Å²) in [5.74, 6) is -0.912. The van der Waals surface area contributed by atoms with Gasteiger partial charge in [0, 0.05) is 0 Å². The molecule has 0 aromatic rings. The van der Waals surface area contributed by atoms with Crippen LogP contribution in [0.2, 0.25) is 0 Å². The number of allylic oxidation sites excluding steroid dienone is 3. The first-order chi connectivity index (χ1) is 4.22. The predicted octanol–water partition coefficient (Wildman–Crippen LogP) is 0.968. The quantitative estimate of drug-likeness (QED) is 0.563. The molecule has 0 heterocycles. The van der Waals surface area contributed by atoms with Gasteiger partial charge in [0.05, 0.1) is 5.57 Å². The summed E-state index contributed by atoms with van der Waals surface area (Å²) in [6.07, 6.45) is 4.87. The monoisotopic (exact) mass is 148 g/mol. The Kier molecular flexibility index (Phi) is 3.39. The minimum Gasteiger partial charge on any atom is -1.00 e. The van der Waals surface area contributed by atoms with E-state index in [1.54, 1.807) is 12.2 Å². The Morgan fingerprint density at radius 1 is 1.70 bits per heavy atom. The minimum atomic E-state index is -0.912. The molecule has 1 rings (SSSR count). The fourth-order valence-electron chi connectivity index (χ4n) is 0.666. The summed E-state index contributed by atoms with van der Waals surface area (Å²) in [5, 5.41) is 8.41. The van der Waals surface area contributed by atoms with E-state index in [2.05, 4.69) is 6.58 Å². The molecule has 0 fully saturated rings. The molecule has 0 saturated heterocycles. The third-order valence-corrected chi connectivity index (χ3v) is 1.14. The summed E-state index contributed by atoms with van der Waals surface area (Å²) in [7, 11) is 0. The van der Waals surface area contributed by atoms with Crippen molar-refractivity contribution >= 4 is 29.0 Å². The molecule has 3 heteroatoms. The second-order valence-corrected chi connectivity index (χ2v) is 1.77. The Hall–Kier alpha value is -0.544. The molecule has 0 aromatic carbocycles. The Morgan fingerprint density at radius 3 is 2.50 bits per heavy atom. The van der Waals surface area contributed by atoms with E-state index >= 15 is 0 Å². The molecule has 0 spiro atoms. The van der Waals surface area contributed by atoms with Crippen molar-refractivity contribution in [1.82, 2.24) is 0 Å². The summed E-state index contributed by atoms with van der Waals surface area (Å²) < 4.78 is 0. The van der Waals surface area contributed by atoms with Gasteiger partial charge in [-0.05, 0) is 11.6 Å². The summed E-state index contributed by atoms with van der Waals surface area (Å²) in [6.45, 7) is 3.52. The molecular formula is C7H8MgO2. The number of hydrogen-bond donors (Lipinski definition) is 1. The van der Waals surface area contributed by atoms with Gasteiger partial charge in [0.2, 0.25) is 0 Å². The summed E-state index contributed by atoms with van der Waals surface area (Å²) in [5.41, 5.74) is 0.859. The Balaban J connectivity index is -0.000000270. The Bertz CT molecular complexity index is 234. The average molecular weight is 148 g/mol. The topological polar surface area (TPSA) is 37.3 Å². The van der Waals surface area contributed by atoms with Gasteiger partial charge in [-0.15, -0.1) is 0 Å². The smallest absolute Gasteiger partial charge is 1.00 e. The first-order valence-electron chi connectivity index (χ1n) is 2.53. The maximum absolute atomic E-state index is 10.2. The number of carbonyl (C=O) groups is 1. The molecule has 50 valence electrons. The normalized spacial score (nSPS) is 14.4. The predicted molar refractivity (Wildman–Crippen MR) is 42.0 cm³/mol. The van der Waals surface area contributed by atoms with Gasteiger partial charge in [-0.25, -0.2) is 4.79 Å². The number of rotatable bonds is 1. The van der Waals surface area contributed by atoms with Crippen LogP contribution in [0.3, 0.4) is 0 Å². The second kappa shape index (κ2) is 3.58. The van der Waals surface area contributed by atoms with Gasteiger partial charge in [0.15, 0.2) is 0 Å².